The number of aromatic nitrogens is 3. The first-order valence-electron chi connectivity index (χ1n) is 9.67. The maximum Gasteiger partial charge on any atom is 0.262 e. The normalized spacial score (nSPS) is 18.2. The molecule has 1 saturated heterocycles. The molecule has 1 aromatic heterocycles. The molecule has 2 aliphatic heterocycles. The van der Waals surface area contributed by atoms with Gasteiger partial charge in [-0.05, 0) is 42.8 Å². The minimum Gasteiger partial charge on any atom is -0.399 e. The number of carbonyl (C=O) groups excluding carboxylic acids is 4. The van der Waals surface area contributed by atoms with Crippen LogP contribution in [0.2, 0.25) is 5.02 Å². The standard InChI is InChI=1S/C21H15ClN6O4/c22-15-7-10(23)1-3-13(15)16-9-27(26-25-16)11-2-4-12-14(8-11)21(32)28(20(12)31)17-5-6-18(29)24-19(17)30/h1-4,7-9,17H,5-6,23H2,(H,24,29,30). The molecule has 10 nitrogen and oxygen atoms in total. The number of hydrogen-bond donors (Lipinski definition) is 2. The smallest absolute Gasteiger partial charge is 0.262 e. The van der Waals surface area contributed by atoms with Gasteiger partial charge in [-0.3, -0.25) is 29.4 Å². The number of nitrogen functional groups attached to an aromatic ring is 1. The van der Waals surface area contributed by atoms with E-state index in [0.717, 1.165) is 4.90 Å². The molecule has 1 unspecified atom stereocenters. The number of imide groups is 2. The molecule has 160 valence electrons. The topological polar surface area (TPSA) is 140 Å². The molecule has 0 bridgehead atoms. The highest BCUT2D eigenvalue weighted by Crippen LogP contribution is 2.31. The minimum atomic E-state index is -1.02. The van der Waals surface area contributed by atoms with Crippen LogP contribution in [0.5, 0.6) is 0 Å². The third-order valence-electron chi connectivity index (χ3n) is 5.45. The fourth-order valence-electron chi connectivity index (χ4n) is 3.85. The summed E-state index contributed by atoms with van der Waals surface area (Å²) in [5.41, 5.74) is 8.23. The Labute approximate surface area is 185 Å². The van der Waals surface area contributed by atoms with Crippen LogP contribution < -0.4 is 11.1 Å². The number of piperidine rings is 1. The predicted octanol–water partition coefficient (Wildman–Crippen LogP) is 1.57. The van der Waals surface area contributed by atoms with E-state index in [2.05, 4.69) is 15.6 Å². The van der Waals surface area contributed by atoms with Crippen molar-refractivity contribution in [3.8, 4) is 16.9 Å². The van der Waals surface area contributed by atoms with Crippen molar-refractivity contribution in [2.24, 2.45) is 0 Å². The van der Waals surface area contributed by atoms with Crippen molar-refractivity contribution in [2.45, 2.75) is 18.9 Å². The van der Waals surface area contributed by atoms with E-state index in [9.17, 15) is 19.2 Å². The van der Waals surface area contributed by atoms with Gasteiger partial charge in [-0.2, -0.15) is 0 Å². The Morgan fingerprint density at radius 2 is 1.75 bits per heavy atom. The summed E-state index contributed by atoms with van der Waals surface area (Å²) in [5, 5.41) is 10.8. The van der Waals surface area contributed by atoms with Gasteiger partial charge in [0.1, 0.15) is 11.7 Å². The molecule has 3 aromatic rings. The minimum absolute atomic E-state index is 0.0600. The lowest BCUT2D eigenvalue weighted by Gasteiger charge is -2.27. The lowest BCUT2D eigenvalue weighted by molar-refractivity contribution is -0.136. The van der Waals surface area contributed by atoms with Crippen LogP contribution in [0, 0.1) is 0 Å². The zero-order chi connectivity index (χ0) is 22.6. The van der Waals surface area contributed by atoms with Gasteiger partial charge in [0.15, 0.2) is 0 Å². The summed E-state index contributed by atoms with van der Waals surface area (Å²) >= 11 is 6.24. The van der Waals surface area contributed by atoms with Crippen LogP contribution in [-0.4, -0.2) is 49.6 Å². The van der Waals surface area contributed by atoms with Crippen molar-refractivity contribution >= 4 is 40.9 Å². The molecule has 4 amide bonds. The number of nitrogens with zero attached hydrogens (tertiary/aromatic N) is 4. The van der Waals surface area contributed by atoms with E-state index in [0.29, 0.717) is 27.7 Å². The number of rotatable bonds is 3. The number of carbonyl (C=O) groups is 4. The summed E-state index contributed by atoms with van der Waals surface area (Å²) in [6.07, 6.45) is 1.79. The summed E-state index contributed by atoms with van der Waals surface area (Å²) in [4.78, 5) is 50.3. The number of amides is 4. The average molecular weight is 451 g/mol. The van der Waals surface area contributed by atoms with Crippen LogP contribution in [0.4, 0.5) is 5.69 Å². The van der Waals surface area contributed by atoms with Gasteiger partial charge in [-0.15, -0.1) is 5.10 Å². The largest absolute Gasteiger partial charge is 0.399 e. The third kappa shape index (κ3) is 3.12. The quantitative estimate of drug-likeness (QED) is 0.455. The second kappa shape index (κ2) is 7.27. The number of hydrogen-bond acceptors (Lipinski definition) is 7. The summed E-state index contributed by atoms with van der Waals surface area (Å²) in [5.74, 6) is -2.24. The van der Waals surface area contributed by atoms with Crippen molar-refractivity contribution in [3.63, 3.8) is 0 Å². The number of benzene rings is 2. The number of anilines is 1. The van der Waals surface area contributed by atoms with Crippen LogP contribution in [0.3, 0.4) is 0 Å². The Hall–Kier alpha value is -4.05. The van der Waals surface area contributed by atoms with Gasteiger partial charge in [0, 0.05) is 17.7 Å². The molecule has 2 aliphatic rings. The first-order valence-corrected chi connectivity index (χ1v) is 10.0. The number of nitrogens with two attached hydrogens (primary N) is 1. The highest BCUT2D eigenvalue weighted by atomic mass is 35.5. The number of fused-ring (bicyclic) bond motifs is 1. The van der Waals surface area contributed by atoms with E-state index in [1.54, 1.807) is 30.5 Å². The maximum atomic E-state index is 13.0. The van der Waals surface area contributed by atoms with E-state index in [-0.39, 0.29) is 24.0 Å². The Bertz CT molecular complexity index is 1330. The van der Waals surface area contributed by atoms with Gasteiger partial charge < -0.3 is 5.73 Å². The fourth-order valence-corrected chi connectivity index (χ4v) is 4.14. The predicted molar refractivity (Wildman–Crippen MR) is 113 cm³/mol. The molecular weight excluding hydrogens is 436 g/mol. The van der Waals surface area contributed by atoms with E-state index in [1.807, 2.05) is 0 Å². The Kier molecular flexibility index (Phi) is 4.52. The molecular formula is C21H15ClN6O4. The van der Waals surface area contributed by atoms with Gasteiger partial charge in [0.05, 0.1) is 28.0 Å². The van der Waals surface area contributed by atoms with Crippen molar-refractivity contribution in [2.75, 3.05) is 5.73 Å². The molecule has 0 aliphatic carbocycles. The van der Waals surface area contributed by atoms with Crippen molar-refractivity contribution in [1.29, 1.82) is 0 Å². The number of halogens is 1. The van der Waals surface area contributed by atoms with Gasteiger partial charge in [0.25, 0.3) is 11.8 Å². The second-order valence-corrected chi connectivity index (χ2v) is 7.87. The van der Waals surface area contributed by atoms with Crippen LogP contribution in [0.15, 0.2) is 42.6 Å². The molecule has 11 heteroatoms. The monoisotopic (exact) mass is 450 g/mol. The van der Waals surface area contributed by atoms with Gasteiger partial charge in [0.2, 0.25) is 11.8 Å². The highest BCUT2D eigenvalue weighted by Gasteiger charge is 2.44. The molecule has 0 radical (unpaired) electrons. The zero-order valence-electron chi connectivity index (χ0n) is 16.4. The molecule has 3 N–H and O–H groups in total. The third-order valence-corrected chi connectivity index (χ3v) is 5.76. The first-order chi connectivity index (χ1) is 15.3. The lowest BCUT2D eigenvalue weighted by Crippen LogP contribution is -2.54. The summed E-state index contributed by atoms with van der Waals surface area (Å²) in [6.45, 7) is 0. The van der Waals surface area contributed by atoms with Gasteiger partial charge in [-0.25, -0.2) is 4.68 Å². The first kappa shape index (κ1) is 19.9. The van der Waals surface area contributed by atoms with E-state index in [1.165, 1.54) is 16.8 Å². The van der Waals surface area contributed by atoms with E-state index in [4.69, 9.17) is 17.3 Å². The van der Waals surface area contributed by atoms with Gasteiger partial charge in [-0.1, -0.05) is 16.8 Å². The molecule has 32 heavy (non-hydrogen) atoms. The summed E-state index contributed by atoms with van der Waals surface area (Å²) in [7, 11) is 0. The average Bonchev–Trinajstić information content (AvgIpc) is 3.33. The molecule has 3 heterocycles. The zero-order valence-corrected chi connectivity index (χ0v) is 17.2. The van der Waals surface area contributed by atoms with Crippen molar-refractivity contribution in [3.05, 3.63) is 58.7 Å². The molecule has 1 atom stereocenters. The molecule has 1 fully saturated rings. The van der Waals surface area contributed by atoms with Crippen LogP contribution in [0.1, 0.15) is 33.6 Å². The van der Waals surface area contributed by atoms with Crippen molar-refractivity contribution < 1.29 is 19.2 Å². The second-order valence-electron chi connectivity index (χ2n) is 7.46. The molecule has 5 rings (SSSR count). The van der Waals surface area contributed by atoms with E-state index < -0.39 is 29.7 Å². The lowest BCUT2D eigenvalue weighted by atomic mass is 10.0. The molecule has 0 spiro atoms. The number of nitrogens with one attached hydrogen (secondary N) is 1. The summed E-state index contributed by atoms with van der Waals surface area (Å²) in [6, 6.07) is 8.67. The van der Waals surface area contributed by atoms with Crippen LogP contribution in [-0.2, 0) is 9.59 Å². The Balaban J connectivity index is 1.46. The summed E-state index contributed by atoms with van der Waals surface area (Å²) < 4.78 is 1.45. The molecule has 2 aromatic carbocycles. The fraction of sp³-hybridized carbons (Fsp3) is 0.143. The van der Waals surface area contributed by atoms with E-state index >= 15 is 0 Å². The maximum absolute atomic E-state index is 13.0. The molecule has 0 saturated carbocycles. The van der Waals surface area contributed by atoms with Crippen molar-refractivity contribution in [1.82, 2.24) is 25.2 Å². The SMILES string of the molecule is Nc1ccc(-c2cn(-c3ccc4c(c3)C(=O)N(C3CCC(=O)NC3=O)C4=O)nn2)c(Cl)c1. The Morgan fingerprint density at radius 1 is 1.00 bits per heavy atom. The highest BCUT2D eigenvalue weighted by molar-refractivity contribution is 6.33. The van der Waals surface area contributed by atoms with Gasteiger partial charge >= 0.3 is 0 Å². The van der Waals surface area contributed by atoms with Crippen LogP contribution in [0.25, 0.3) is 16.9 Å². The van der Waals surface area contributed by atoms with Crippen LogP contribution >= 0.6 is 11.6 Å². The Morgan fingerprint density at radius 3 is 2.50 bits per heavy atom.